The molecule has 154 valence electrons. The molecule has 2 aromatic carbocycles. The molecule has 0 radical (unpaired) electrons. The molecule has 0 saturated heterocycles. The van der Waals surface area contributed by atoms with Crippen LogP contribution in [0.2, 0.25) is 0 Å². The number of nitrogens with zero attached hydrogens (tertiary/aromatic N) is 2. The van der Waals surface area contributed by atoms with E-state index in [1.54, 1.807) is 0 Å². The van der Waals surface area contributed by atoms with E-state index < -0.39 is 0 Å². The Morgan fingerprint density at radius 1 is 1.00 bits per heavy atom. The van der Waals surface area contributed by atoms with Crippen LogP contribution in [0.5, 0.6) is 0 Å². The summed E-state index contributed by atoms with van der Waals surface area (Å²) in [6, 6.07) is 20.7. The number of amides is 1. The summed E-state index contributed by atoms with van der Waals surface area (Å²) in [6.07, 6.45) is 6.63. The van der Waals surface area contributed by atoms with Crippen molar-refractivity contribution in [3.63, 3.8) is 0 Å². The van der Waals surface area contributed by atoms with E-state index in [0.29, 0.717) is 11.7 Å². The SMILES string of the molecule is CNC(=S)N(CCc1ccccc1)CC(=O)N(c1ccccc1)C1CCCCC1. The van der Waals surface area contributed by atoms with E-state index >= 15 is 0 Å². The largest absolute Gasteiger partial charge is 0.366 e. The standard InChI is InChI=1S/C24H31N3OS/c1-25-24(29)26(18-17-20-11-5-2-6-12-20)19-23(28)27(21-13-7-3-8-14-21)22-15-9-4-10-16-22/h2-3,5-8,11-14,22H,4,9-10,15-19H2,1H3,(H,25,29). The van der Waals surface area contributed by atoms with Gasteiger partial charge >= 0.3 is 0 Å². The van der Waals surface area contributed by atoms with Gasteiger partial charge in [0.15, 0.2) is 5.11 Å². The fourth-order valence-electron chi connectivity index (χ4n) is 4.04. The number of carbonyl (C=O) groups is 1. The average molecular weight is 410 g/mol. The van der Waals surface area contributed by atoms with Gasteiger partial charge in [-0.3, -0.25) is 4.79 Å². The van der Waals surface area contributed by atoms with Crippen molar-refractivity contribution in [1.82, 2.24) is 10.2 Å². The van der Waals surface area contributed by atoms with Gasteiger partial charge in [0.05, 0.1) is 6.54 Å². The molecule has 3 rings (SSSR count). The first-order valence-corrected chi connectivity index (χ1v) is 11.0. The molecular formula is C24H31N3OS. The number of hydrogen-bond donors (Lipinski definition) is 1. The lowest BCUT2D eigenvalue weighted by molar-refractivity contribution is -0.119. The molecule has 0 atom stereocenters. The minimum absolute atomic E-state index is 0.119. The Balaban J connectivity index is 1.74. The van der Waals surface area contributed by atoms with E-state index in [2.05, 4.69) is 17.4 Å². The summed E-state index contributed by atoms with van der Waals surface area (Å²) < 4.78 is 0. The molecule has 0 aliphatic heterocycles. The van der Waals surface area contributed by atoms with Crippen LogP contribution in [0.4, 0.5) is 5.69 Å². The number of carbonyl (C=O) groups excluding carboxylic acids is 1. The third-order valence-corrected chi connectivity index (χ3v) is 6.05. The zero-order valence-electron chi connectivity index (χ0n) is 17.2. The first kappa shape index (κ1) is 21.3. The summed E-state index contributed by atoms with van der Waals surface area (Å²) in [5, 5.41) is 3.67. The van der Waals surface area contributed by atoms with Gasteiger partial charge in [0.2, 0.25) is 5.91 Å². The second kappa shape index (κ2) is 11.0. The van der Waals surface area contributed by atoms with Crippen molar-refractivity contribution in [1.29, 1.82) is 0 Å². The van der Waals surface area contributed by atoms with Crippen LogP contribution in [0.3, 0.4) is 0 Å². The van der Waals surface area contributed by atoms with Crippen molar-refractivity contribution in [2.45, 2.75) is 44.6 Å². The normalized spacial score (nSPS) is 14.2. The fourth-order valence-corrected chi connectivity index (χ4v) is 4.20. The van der Waals surface area contributed by atoms with Crippen LogP contribution in [0.1, 0.15) is 37.7 Å². The van der Waals surface area contributed by atoms with Crippen molar-refractivity contribution in [3.05, 3.63) is 66.2 Å². The Hall–Kier alpha value is -2.40. The van der Waals surface area contributed by atoms with Crippen LogP contribution < -0.4 is 10.2 Å². The Bertz CT molecular complexity index is 775. The average Bonchev–Trinajstić information content (AvgIpc) is 2.78. The van der Waals surface area contributed by atoms with E-state index in [1.807, 2.05) is 65.4 Å². The smallest absolute Gasteiger partial charge is 0.246 e. The van der Waals surface area contributed by atoms with Gasteiger partial charge in [-0.05, 0) is 49.2 Å². The van der Waals surface area contributed by atoms with Crippen molar-refractivity contribution >= 4 is 28.9 Å². The molecule has 1 aliphatic carbocycles. The van der Waals surface area contributed by atoms with Crippen molar-refractivity contribution in [2.75, 3.05) is 25.0 Å². The van der Waals surface area contributed by atoms with E-state index in [4.69, 9.17) is 12.2 Å². The van der Waals surface area contributed by atoms with Crippen LogP contribution in [-0.2, 0) is 11.2 Å². The second-order valence-corrected chi connectivity index (χ2v) is 7.99. The fraction of sp³-hybridized carbons (Fsp3) is 0.417. The molecule has 1 saturated carbocycles. The molecule has 2 aromatic rings. The van der Waals surface area contributed by atoms with Gasteiger partial charge in [0, 0.05) is 25.3 Å². The maximum Gasteiger partial charge on any atom is 0.246 e. The molecular weight excluding hydrogens is 378 g/mol. The number of para-hydroxylation sites is 1. The first-order valence-electron chi connectivity index (χ1n) is 10.6. The minimum Gasteiger partial charge on any atom is -0.366 e. The number of nitrogens with one attached hydrogen (secondary N) is 1. The number of anilines is 1. The van der Waals surface area contributed by atoms with Crippen molar-refractivity contribution in [3.8, 4) is 0 Å². The van der Waals surface area contributed by atoms with Crippen LogP contribution >= 0.6 is 12.2 Å². The summed E-state index contributed by atoms with van der Waals surface area (Å²) >= 11 is 5.51. The van der Waals surface area contributed by atoms with E-state index in [0.717, 1.165) is 24.9 Å². The quantitative estimate of drug-likeness (QED) is 0.688. The maximum atomic E-state index is 13.5. The number of thiocarbonyl (C=S) groups is 1. The van der Waals surface area contributed by atoms with Gasteiger partial charge in [0.1, 0.15) is 0 Å². The van der Waals surface area contributed by atoms with E-state index in [-0.39, 0.29) is 18.5 Å². The highest BCUT2D eigenvalue weighted by Crippen LogP contribution is 2.27. The summed E-state index contributed by atoms with van der Waals surface area (Å²) in [4.78, 5) is 17.5. The van der Waals surface area contributed by atoms with Gasteiger partial charge in [-0.15, -0.1) is 0 Å². The predicted molar refractivity (Wildman–Crippen MR) is 124 cm³/mol. The molecule has 5 heteroatoms. The molecule has 0 spiro atoms. The predicted octanol–water partition coefficient (Wildman–Crippen LogP) is 4.40. The zero-order valence-corrected chi connectivity index (χ0v) is 18.0. The minimum atomic E-state index is 0.119. The highest BCUT2D eigenvalue weighted by molar-refractivity contribution is 7.80. The third kappa shape index (κ3) is 6.04. The molecule has 4 nitrogen and oxygen atoms in total. The Kier molecular flexibility index (Phi) is 8.05. The molecule has 0 aromatic heterocycles. The summed E-state index contributed by atoms with van der Waals surface area (Å²) in [5.41, 5.74) is 2.24. The molecule has 0 heterocycles. The lowest BCUT2D eigenvalue weighted by atomic mass is 9.93. The Morgan fingerprint density at radius 2 is 1.62 bits per heavy atom. The van der Waals surface area contributed by atoms with Crippen molar-refractivity contribution in [2.24, 2.45) is 0 Å². The second-order valence-electron chi connectivity index (χ2n) is 7.60. The molecule has 1 aliphatic rings. The summed E-state index contributed by atoms with van der Waals surface area (Å²) in [7, 11) is 1.82. The van der Waals surface area contributed by atoms with Crippen LogP contribution in [0, 0.1) is 0 Å². The Morgan fingerprint density at radius 3 is 2.24 bits per heavy atom. The molecule has 1 fully saturated rings. The lowest BCUT2D eigenvalue weighted by Crippen LogP contribution is -2.50. The van der Waals surface area contributed by atoms with Gasteiger partial charge in [-0.1, -0.05) is 67.8 Å². The Labute approximate surface area is 179 Å². The van der Waals surface area contributed by atoms with Crippen LogP contribution in [0.25, 0.3) is 0 Å². The van der Waals surface area contributed by atoms with Crippen molar-refractivity contribution < 1.29 is 4.79 Å². The van der Waals surface area contributed by atoms with E-state index in [9.17, 15) is 4.79 Å². The number of rotatable bonds is 7. The zero-order chi connectivity index (χ0) is 20.5. The van der Waals surface area contributed by atoms with Gasteiger partial charge in [0.25, 0.3) is 0 Å². The molecule has 0 unspecified atom stereocenters. The van der Waals surface area contributed by atoms with Gasteiger partial charge in [-0.25, -0.2) is 0 Å². The molecule has 1 N–H and O–H groups in total. The van der Waals surface area contributed by atoms with Crippen LogP contribution in [-0.4, -0.2) is 42.1 Å². The summed E-state index contributed by atoms with van der Waals surface area (Å²) in [6.45, 7) is 1.00. The van der Waals surface area contributed by atoms with Gasteiger partial charge in [-0.2, -0.15) is 0 Å². The monoisotopic (exact) mass is 409 g/mol. The summed E-state index contributed by atoms with van der Waals surface area (Å²) in [5.74, 6) is 0.119. The highest BCUT2D eigenvalue weighted by Gasteiger charge is 2.28. The number of hydrogen-bond acceptors (Lipinski definition) is 2. The number of benzene rings is 2. The topological polar surface area (TPSA) is 35.6 Å². The molecule has 0 bridgehead atoms. The first-order chi connectivity index (χ1) is 14.2. The van der Waals surface area contributed by atoms with Gasteiger partial charge < -0.3 is 15.1 Å². The van der Waals surface area contributed by atoms with E-state index in [1.165, 1.54) is 24.8 Å². The van der Waals surface area contributed by atoms with Crippen LogP contribution in [0.15, 0.2) is 60.7 Å². The maximum absolute atomic E-state index is 13.5. The third-order valence-electron chi connectivity index (χ3n) is 5.58. The highest BCUT2D eigenvalue weighted by atomic mass is 32.1. The molecule has 29 heavy (non-hydrogen) atoms. The molecule has 1 amide bonds. The lowest BCUT2D eigenvalue weighted by Gasteiger charge is -2.36.